The topological polar surface area (TPSA) is 86.8 Å². The standard InChI is InChI=1S/C21H26IN3O4S/c1-4-19(21(27)23-2)24(14-16-8-6-5-7-9-16)20(26)15-25(30(3,28)29)18-12-10-17(22)11-13-18/h5-13,19H,4,14-15H2,1-3H3,(H,23,27)/t19-/m0/s1. The molecule has 2 aromatic carbocycles. The molecule has 0 bridgehead atoms. The molecule has 30 heavy (non-hydrogen) atoms. The van der Waals surface area contributed by atoms with Crippen molar-refractivity contribution in [2.45, 2.75) is 25.9 Å². The van der Waals surface area contributed by atoms with Gasteiger partial charge in [-0.3, -0.25) is 13.9 Å². The number of benzene rings is 2. The summed E-state index contributed by atoms with van der Waals surface area (Å²) in [5.74, 6) is -0.736. The van der Waals surface area contributed by atoms with Crippen LogP contribution in [0.15, 0.2) is 54.6 Å². The Morgan fingerprint density at radius 2 is 1.67 bits per heavy atom. The maximum absolute atomic E-state index is 13.3. The average Bonchev–Trinajstić information content (AvgIpc) is 2.72. The van der Waals surface area contributed by atoms with Gasteiger partial charge in [-0.15, -0.1) is 0 Å². The van der Waals surface area contributed by atoms with E-state index in [1.165, 1.54) is 11.9 Å². The minimum absolute atomic E-state index is 0.204. The molecule has 0 fully saturated rings. The van der Waals surface area contributed by atoms with Gasteiger partial charge < -0.3 is 10.2 Å². The Morgan fingerprint density at radius 1 is 1.07 bits per heavy atom. The molecule has 162 valence electrons. The zero-order valence-corrected chi connectivity index (χ0v) is 20.2. The summed E-state index contributed by atoms with van der Waals surface area (Å²) in [4.78, 5) is 27.2. The smallest absolute Gasteiger partial charge is 0.244 e. The number of rotatable bonds is 9. The molecule has 0 aliphatic rings. The van der Waals surface area contributed by atoms with Gasteiger partial charge in [-0.2, -0.15) is 0 Å². The molecule has 2 rings (SSSR count). The molecule has 0 aromatic heterocycles. The van der Waals surface area contributed by atoms with Crippen molar-refractivity contribution < 1.29 is 18.0 Å². The molecule has 1 N–H and O–H groups in total. The maximum Gasteiger partial charge on any atom is 0.244 e. The third-order valence-corrected chi connectivity index (χ3v) is 6.48. The zero-order chi connectivity index (χ0) is 22.3. The Balaban J connectivity index is 2.39. The zero-order valence-electron chi connectivity index (χ0n) is 17.2. The molecule has 2 aromatic rings. The number of likely N-dealkylation sites (N-methyl/N-ethyl adjacent to an activating group) is 1. The summed E-state index contributed by atoms with van der Waals surface area (Å²) in [6.45, 7) is 1.63. The fourth-order valence-electron chi connectivity index (χ4n) is 3.09. The molecular formula is C21H26IN3O4S. The second-order valence-corrected chi connectivity index (χ2v) is 9.94. The van der Waals surface area contributed by atoms with Gasteiger partial charge >= 0.3 is 0 Å². The molecule has 0 unspecified atom stereocenters. The van der Waals surface area contributed by atoms with Gasteiger partial charge in [0.2, 0.25) is 21.8 Å². The number of amides is 2. The Morgan fingerprint density at radius 3 is 2.17 bits per heavy atom. The van der Waals surface area contributed by atoms with Gasteiger partial charge in [0, 0.05) is 17.2 Å². The minimum Gasteiger partial charge on any atom is -0.357 e. The van der Waals surface area contributed by atoms with Crippen LogP contribution in [0.25, 0.3) is 0 Å². The number of nitrogens with zero attached hydrogens (tertiary/aromatic N) is 2. The third-order valence-electron chi connectivity index (χ3n) is 4.62. The first-order chi connectivity index (χ1) is 14.2. The summed E-state index contributed by atoms with van der Waals surface area (Å²) in [6, 6.07) is 15.5. The average molecular weight is 543 g/mol. The van der Waals surface area contributed by atoms with Crippen LogP contribution < -0.4 is 9.62 Å². The number of halogens is 1. The van der Waals surface area contributed by atoms with Gasteiger partial charge in [0.15, 0.2) is 0 Å². The lowest BCUT2D eigenvalue weighted by atomic mass is 10.1. The molecule has 0 saturated heterocycles. The Hall–Kier alpha value is -2.14. The van der Waals surface area contributed by atoms with E-state index in [9.17, 15) is 18.0 Å². The van der Waals surface area contributed by atoms with E-state index in [2.05, 4.69) is 27.9 Å². The molecule has 1 atom stereocenters. The normalized spacial score (nSPS) is 12.1. The second-order valence-electron chi connectivity index (χ2n) is 6.79. The van der Waals surface area contributed by atoms with Crippen LogP contribution in [0.3, 0.4) is 0 Å². The predicted molar refractivity (Wildman–Crippen MR) is 126 cm³/mol. The largest absolute Gasteiger partial charge is 0.357 e. The van der Waals surface area contributed by atoms with E-state index >= 15 is 0 Å². The highest BCUT2D eigenvalue weighted by atomic mass is 127. The van der Waals surface area contributed by atoms with Crippen LogP contribution in [0, 0.1) is 3.57 Å². The number of sulfonamides is 1. The van der Waals surface area contributed by atoms with Crippen molar-refractivity contribution >= 4 is 50.1 Å². The summed E-state index contributed by atoms with van der Waals surface area (Å²) in [5, 5.41) is 2.59. The Labute approximate surface area is 191 Å². The fourth-order valence-corrected chi connectivity index (χ4v) is 4.30. The van der Waals surface area contributed by atoms with Gasteiger partial charge in [-0.1, -0.05) is 37.3 Å². The lowest BCUT2D eigenvalue weighted by Crippen LogP contribution is -2.51. The van der Waals surface area contributed by atoms with Crippen molar-refractivity contribution in [1.29, 1.82) is 0 Å². The van der Waals surface area contributed by atoms with Crippen molar-refractivity contribution in [2.24, 2.45) is 0 Å². The first-order valence-corrected chi connectivity index (χ1v) is 12.4. The quantitative estimate of drug-likeness (QED) is 0.493. The number of nitrogens with one attached hydrogen (secondary N) is 1. The monoisotopic (exact) mass is 543 g/mol. The number of hydrogen-bond donors (Lipinski definition) is 1. The van der Waals surface area contributed by atoms with Crippen LogP contribution in [0.2, 0.25) is 0 Å². The van der Waals surface area contributed by atoms with Gasteiger partial charge in [-0.25, -0.2) is 8.42 Å². The van der Waals surface area contributed by atoms with Crippen LogP contribution in [-0.4, -0.2) is 51.0 Å². The van der Waals surface area contributed by atoms with Gasteiger partial charge in [-0.05, 0) is 58.8 Å². The van der Waals surface area contributed by atoms with Crippen LogP contribution in [0.1, 0.15) is 18.9 Å². The third kappa shape index (κ3) is 6.43. The summed E-state index contributed by atoms with van der Waals surface area (Å²) >= 11 is 2.13. The van der Waals surface area contributed by atoms with E-state index in [1.807, 2.05) is 37.3 Å². The number of hydrogen-bond acceptors (Lipinski definition) is 4. The van der Waals surface area contributed by atoms with Crippen molar-refractivity contribution in [3.8, 4) is 0 Å². The van der Waals surface area contributed by atoms with E-state index < -0.39 is 22.0 Å². The highest BCUT2D eigenvalue weighted by Gasteiger charge is 2.31. The van der Waals surface area contributed by atoms with Crippen LogP contribution in [0.5, 0.6) is 0 Å². The molecule has 9 heteroatoms. The van der Waals surface area contributed by atoms with E-state index in [0.717, 1.165) is 19.7 Å². The van der Waals surface area contributed by atoms with E-state index in [-0.39, 0.29) is 19.0 Å². The lowest BCUT2D eigenvalue weighted by molar-refractivity contribution is -0.140. The van der Waals surface area contributed by atoms with E-state index in [0.29, 0.717) is 12.1 Å². The van der Waals surface area contributed by atoms with Crippen LogP contribution in [0.4, 0.5) is 5.69 Å². The van der Waals surface area contributed by atoms with Gasteiger partial charge in [0.05, 0.1) is 11.9 Å². The highest BCUT2D eigenvalue weighted by Crippen LogP contribution is 2.21. The molecule has 0 radical (unpaired) electrons. The molecule has 0 heterocycles. The first kappa shape index (κ1) is 24.1. The predicted octanol–water partition coefficient (Wildman–Crippen LogP) is 2.61. The molecule has 0 spiro atoms. The second kappa shape index (κ2) is 10.8. The summed E-state index contributed by atoms with van der Waals surface area (Å²) < 4.78 is 26.9. The van der Waals surface area contributed by atoms with E-state index in [1.54, 1.807) is 24.3 Å². The molecule has 2 amide bonds. The Bertz CT molecular complexity index is 966. The van der Waals surface area contributed by atoms with Crippen molar-refractivity contribution in [3.05, 3.63) is 63.7 Å². The van der Waals surface area contributed by atoms with Gasteiger partial charge in [0.1, 0.15) is 12.6 Å². The van der Waals surface area contributed by atoms with Gasteiger partial charge in [0.25, 0.3) is 0 Å². The van der Waals surface area contributed by atoms with Crippen LogP contribution >= 0.6 is 22.6 Å². The molecular weight excluding hydrogens is 517 g/mol. The van der Waals surface area contributed by atoms with E-state index in [4.69, 9.17) is 0 Å². The number of anilines is 1. The van der Waals surface area contributed by atoms with Crippen molar-refractivity contribution in [1.82, 2.24) is 10.2 Å². The SMILES string of the molecule is CC[C@@H](C(=O)NC)N(Cc1ccccc1)C(=O)CN(c1ccc(I)cc1)S(C)(=O)=O. The molecule has 7 nitrogen and oxygen atoms in total. The molecule has 0 saturated carbocycles. The summed E-state index contributed by atoms with van der Waals surface area (Å²) in [5.41, 5.74) is 1.26. The van der Waals surface area contributed by atoms with Crippen molar-refractivity contribution in [3.63, 3.8) is 0 Å². The first-order valence-electron chi connectivity index (χ1n) is 9.45. The molecule has 0 aliphatic carbocycles. The summed E-state index contributed by atoms with van der Waals surface area (Å²) in [6.07, 6.45) is 1.47. The summed E-state index contributed by atoms with van der Waals surface area (Å²) in [7, 11) is -2.19. The highest BCUT2D eigenvalue weighted by molar-refractivity contribution is 14.1. The maximum atomic E-state index is 13.3. The van der Waals surface area contributed by atoms with Crippen LogP contribution in [-0.2, 0) is 26.2 Å². The molecule has 0 aliphatic heterocycles. The number of carbonyl (C=O) groups is 2. The number of carbonyl (C=O) groups excluding carboxylic acids is 2. The Kier molecular flexibility index (Phi) is 8.65. The lowest BCUT2D eigenvalue weighted by Gasteiger charge is -2.32. The minimum atomic E-state index is -3.71. The fraction of sp³-hybridized carbons (Fsp3) is 0.333. The van der Waals surface area contributed by atoms with Crippen molar-refractivity contribution in [2.75, 3.05) is 24.2 Å².